The molecule has 0 spiro atoms. The van der Waals surface area contributed by atoms with Crippen LogP contribution in [-0.2, 0) is 0 Å². The quantitative estimate of drug-likeness (QED) is 0.160. The lowest BCUT2D eigenvalue weighted by molar-refractivity contribution is 0.643. The number of pyridine rings is 1. The number of benzene rings is 9. The van der Waals surface area contributed by atoms with Gasteiger partial charge in [0.25, 0.3) is 0 Å². The van der Waals surface area contributed by atoms with Gasteiger partial charge in [-0.2, -0.15) is 4.98 Å². The van der Waals surface area contributed by atoms with E-state index in [-0.39, 0.29) is 5.56 Å². The molecule has 14 aromatic rings. The first-order chi connectivity index (χ1) is 35.4. The van der Waals surface area contributed by atoms with Gasteiger partial charge in [-0.15, -0.1) is 0 Å². The second-order valence-corrected chi connectivity index (χ2v) is 17.4. The van der Waals surface area contributed by atoms with Gasteiger partial charge in [0.1, 0.15) is 0 Å². The van der Waals surface area contributed by atoms with E-state index >= 15 is 0 Å². The summed E-state index contributed by atoms with van der Waals surface area (Å²) in [6.45, 7) is -2.43. The number of para-hydroxylation sites is 4. The van der Waals surface area contributed by atoms with E-state index in [1.807, 2.05) is 46.9 Å². The summed E-state index contributed by atoms with van der Waals surface area (Å²) in [5.74, 6) is 1.18. The van der Waals surface area contributed by atoms with E-state index in [9.17, 15) is 0 Å². The molecule has 69 heavy (non-hydrogen) atoms. The number of nitrogens with zero attached hydrogens (tertiary/aromatic N) is 6. The van der Waals surface area contributed by atoms with E-state index in [1.54, 1.807) is 12.3 Å². The van der Waals surface area contributed by atoms with Gasteiger partial charge in [-0.3, -0.25) is 13.4 Å². The van der Waals surface area contributed by atoms with Crippen LogP contribution >= 0.6 is 0 Å². The molecule has 14 rings (SSSR count). The highest BCUT2D eigenvalue weighted by molar-refractivity contribution is 6.08. The standard InChI is InChI=1S/C62H40N6O/c1-39-30-35-53-59(69-62-65-60-54(68(53)62)29-16-36-63-60)55(39)43-31-33-44(34-32-43)57-48(41-19-7-3-8-20-41)38-47(40-17-5-2-6-18-40)56(42-21-9-4-10-22-42)58(57)45-23-15-24-46(37-45)66-51-27-13-14-28-52(51)67-50-26-12-11-25-49(50)64-61(66)67/h2-38H,1H3/i1D3. The first kappa shape index (κ1) is 35.9. The highest BCUT2D eigenvalue weighted by Gasteiger charge is 2.26. The fourth-order valence-electron chi connectivity index (χ4n) is 10.5. The van der Waals surface area contributed by atoms with Crippen molar-refractivity contribution < 1.29 is 8.53 Å². The van der Waals surface area contributed by atoms with Gasteiger partial charge in [-0.25, -0.2) is 9.97 Å². The zero-order valence-corrected chi connectivity index (χ0v) is 37.0. The molecule has 0 bridgehead atoms. The maximum absolute atomic E-state index is 8.73. The minimum Gasteiger partial charge on any atom is -0.422 e. The Labute approximate surface area is 400 Å². The summed E-state index contributed by atoms with van der Waals surface area (Å²) in [6.07, 6.45) is 1.70. The van der Waals surface area contributed by atoms with Crippen LogP contribution in [0, 0.1) is 6.85 Å². The third kappa shape index (κ3) is 6.04. The van der Waals surface area contributed by atoms with E-state index in [1.165, 1.54) is 0 Å². The van der Waals surface area contributed by atoms with Crippen molar-refractivity contribution in [2.75, 3.05) is 0 Å². The number of aryl methyl sites for hydroxylation is 1. The maximum atomic E-state index is 8.73. The van der Waals surface area contributed by atoms with Crippen molar-refractivity contribution in [1.29, 1.82) is 0 Å². The lowest BCUT2D eigenvalue weighted by Gasteiger charge is -2.25. The lowest BCUT2D eigenvalue weighted by atomic mass is 9.78. The summed E-state index contributed by atoms with van der Waals surface area (Å²) in [6, 6.07) is 75.4. The molecule has 0 amide bonds. The molecule has 7 heteroatoms. The summed E-state index contributed by atoms with van der Waals surface area (Å²) in [4.78, 5) is 14.4. The number of imidazole rings is 3. The molecule has 0 aliphatic carbocycles. The van der Waals surface area contributed by atoms with Crippen molar-refractivity contribution in [2.24, 2.45) is 0 Å². The van der Waals surface area contributed by atoms with Crippen molar-refractivity contribution in [2.45, 2.75) is 6.85 Å². The Kier molecular flexibility index (Phi) is 7.99. The van der Waals surface area contributed by atoms with Crippen LogP contribution < -0.4 is 0 Å². The molecular weight excluding hydrogens is 845 g/mol. The molecule has 0 radical (unpaired) electrons. The average molecular weight is 888 g/mol. The molecule has 0 fully saturated rings. The SMILES string of the molecule is [2H]C([2H])([2H])c1ccc2c(oc3nc4ncccc4n32)c1-c1ccc(-c2c(-c3ccccc3)cc(-c3ccccc3)c(-c3ccccc3)c2-c2cccc(-n3c4ccccc4n4c5ccccc5nc34)c2)cc1. The Bertz CT molecular complexity index is 4420. The number of hydrogen-bond donors (Lipinski definition) is 0. The Morgan fingerprint density at radius 1 is 0.420 bits per heavy atom. The number of hydrogen-bond acceptors (Lipinski definition) is 4. The highest BCUT2D eigenvalue weighted by Crippen LogP contribution is 2.51. The Hall–Kier alpha value is -9.33. The van der Waals surface area contributed by atoms with Gasteiger partial charge in [0, 0.05) is 21.6 Å². The van der Waals surface area contributed by atoms with Gasteiger partial charge in [0.2, 0.25) is 5.78 Å². The van der Waals surface area contributed by atoms with Crippen LogP contribution in [0.15, 0.2) is 229 Å². The molecule has 0 N–H and O–H groups in total. The van der Waals surface area contributed by atoms with Crippen molar-refractivity contribution >= 4 is 56.0 Å². The summed E-state index contributed by atoms with van der Waals surface area (Å²) in [5, 5.41) is 0. The largest absolute Gasteiger partial charge is 0.422 e. The summed E-state index contributed by atoms with van der Waals surface area (Å²) in [5.41, 5.74) is 19.5. The normalized spacial score (nSPS) is 12.7. The predicted octanol–water partition coefficient (Wildman–Crippen LogP) is 15.7. The first-order valence-corrected chi connectivity index (χ1v) is 23.0. The van der Waals surface area contributed by atoms with Crippen LogP contribution in [0.1, 0.15) is 9.68 Å². The number of oxazole rings is 1. The van der Waals surface area contributed by atoms with Gasteiger partial charge >= 0.3 is 5.84 Å². The van der Waals surface area contributed by atoms with Crippen molar-refractivity contribution in [1.82, 2.24) is 28.3 Å². The lowest BCUT2D eigenvalue weighted by Crippen LogP contribution is -2.00. The number of aromatic nitrogens is 6. The van der Waals surface area contributed by atoms with Gasteiger partial charge in [0.05, 0.1) is 33.1 Å². The third-order valence-corrected chi connectivity index (χ3v) is 13.5. The van der Waals surface area contributed by atoms with Crippen LogP contribution in [0.25, 0.3) is 128 Å². The molecule has 0 atom stereocenters. The number of fused-ring (bicyclic) bond motifs is 10. The second kappa shape index (κ2) is 15.4. The minimum atomic E-state index is -2.43. The first-order valence-electron chi connectivity index (χ1n) is 24.5. The fourth-order valence-corrected chi connectivity index (χ4v) is 10.5. The predicted molar refractivity (Wildman–Crippen MR) is 281 cm³/mol. The molecule has 0 saturated heterocycles. The summed E-state index contributed by atoms with van der Waals surface area (Å²) >= 11 is 0. The Morgan fingerprint density at radius 3 is 1.72 bits per heavy atom. The molecule has 9 aromatic carbocycles. The van der Waals surface area contributed by atoms with E-state index in [4.69, 9.17) is 13.5 Å². The monoisotopic (exact) mass is 887 g/mol. The summed E-state index contributed by atoms with van der Waals surface area (Å²) < 4.78 is 39.1. The second-order valence-electron chi connectivity index (χ2n) is 17.4. The maximum Gasteiger partial charge on any atom is 0.309 e. The third-order valence-electron chi connectivity index (χ3n) is 13.5. The van der Waals surface area contributed by atoms with Crippen LogP contribution in [0.3, 0.4) is 0 Å². The topological polar surface area (TPSA) is 65.6 Å². The van der Waals surface area contributed by atoms with Gasteiger partial charge in [-0.1, -0.05) is 158 Å². The zero-order chi connectivity index (χ0) is 48.1. The smallest absolute Gasteiger partial charge is 0.309 e. The molecule has 5 heterocycles. The van der Waals surface area contributed by atoms with Crippen molar-refractivity contribution in [3.63, 3.8) is 0 Å². The summed E-state index contributed by atoms with van der Waals surface area (Å²) in [7, 11) is 0. The minimum absolute atomic E-state index is 0.195. The van der Waals surface area contributed by atoms with Gasteiger partial charge in [-0.05, 0) is 134 Å². The molecule has 0 aliphatic rings. The van der Waals surface area contributed by atoms with E-state index in [0.29, 0.717) is 33.7 Å². The van der Waals surface area contributed by atoms with Crippen molar-refractivity contribution in [3.8, 4) is 72.4 Å². The van der Waals surface area contributed by atoms with Gasteiger partial charge in [0.15, 0.2) is 11.2 Å². The Balaban J connectivity index is 1.06. The molecule has 0 saturated carbocycles. The van der Waals surface area contributed by atoms with E-state index in [0.717, 1.165) is 94.7 Å². The van der Waals surface area contributed by atoms with Crippen molar-refractivity contribution in [3.05, 3.63) is 230 Å². The fraction of sp³-hybridized carbons (Fsp3) is 0.0161. The molecule has 0 unspecified atom stereocenters. The van der Waals surface area contributed by atoms with Crippen LogP contribution in [-0.4, -0.2) is 28.3 Å². The van der Waals surface area contributed by atoms with Crippen LogP contribution in [0.2, 0.25) is 0 Å². The number of rotatable bonds is 7. The molecule has 5 aromatic heterocycles. The van der Waals surface area contributed by atoms with Crippen LogP contribution in [0.4, 0.5) is 0 Å². The Morgan fingerprint density at radius 2 is 1.01 bits per heavy atom. The van der Waals surface area contributed by atoms with Gasteiger partial charge < -0.3 is 4.42 Å². The van der Waals surface area contributed by atoms with Crippen LogP contribution in [0.5, 0.6) is 0 Å². The van der Waals surface area contributed by atoms with E-state index in [2.05, 4.69) is 189 Å². The molecular formula is C62H40N6O. The average Bonchev–Trinajstić information content (AvgIpc) is 4.18. The molecule has 324 valence electrons. The van der Waals surface area contributed by atoms with E-state index < -0.39 is 6.85 Å². The molecule has 7 nitrogen and oxygen atoms in total. The zero-order valence-electron chi connectivity index (χ0n) is 40.0. The highest BCUT2D eigenvalue weighted by atomic mass is 16.4. The molecule has 0 aliphatic heterocycles.